The molecule has 120 valence electrons. The van der Waals surface area contributed by atoms with Gasteiger partial charge >= 0.3 is 5.91 Å². The third kappa shape index (κ3) is 2.67. The van der Waals surface area contributed by atoms with Crippen molar-refractivity contribution in [2.24, 2.45) is 0 Å². The fourth-order valence-electron chi connectivity index (χ4n) is 2.38. The Bertz CT molecular complexity index is 861. The number of hydrogen-bond acceptors (Lipinski definition) is 5. The molecule has 0 N–H and O–H groups in total. The molecule has 3 rings (SSSR count). The highest BCUT2D eigenvalue weighted by Gasteiger charge is 2.25. The second-order valence-electron chi connectivity index (χ2n) is 5.44. The summed E-state index contributed by atoms with van der Waals surface area (Å²) in [4.78, 5) is 16.8. The highest BCUT2D eigenvalue weighted by atomic mass is 16.5. The van der Waals surface area contributed by atoms with E-state index in [2.05, 4.69) is 4.98 Å². The van der Waals surface area contributed by atoms with Crippen molar-refractivity contribution in [3.63, 3.8) is 0 Å². The summed E-state index contributed by atoms with van der Waals surface area (Å²) in [5, 5.41) is 0.708. The van der Waals surface area contributed by atoms with Crippen molar-refractivity contribution >= 4 is 16.9 Å². The SMILES string of the molecule is COc1ccc2oc(C(=O)n3ccnc3C)c(OC(C)C)c2c1. The Labute approximate surface area is 133 Å². The highest BCUT2D eigenvalue weighted by molar-refractivity contribution is 6.03. The lowest BCUT2D eigenvalue weighted by Crippen LogP contribution is -2.15. The standard InChI is InChI=1S/C17H18N2O4/c1-10(2)22-15-13-9-12(21-4)5-6-14(13)23-16(15)17(20)19-8-7-18-11(19)3/h5-10H,1-4H3. The van der Waals surface area contributed by atoms with Gasteiger partial charge in [-0.2, -0.15) is 0 Å². The van der Waals surface area contributed by atoms with Crippen LogP contribution in [-0.2, 0) is 0 Å². The molecule has 0 saturated heterocycles. The van der Waals surface area contributed by atoms with Crippen molar-refractivity contribution in [2.75, 3.05) is 7.11 Å². The molecule has 2 aromatic heterocycles. The Morgan fingerprint density at radius 2 is 2.13 bits per heavy atom. The summed E-state index contributed by atoms with van der Waals surface area (Å²) >= 11 is 0. The third-order valence-corrected chi connectivity index (χ3v) is 3.44. The largest absolute Gasteiger partial charge is 0.497 e. The summed E-state index contributed by atoms with van der Waals surface area (Å²) in [6.45, 7) is 5.55. The maximum Gasteiger partial charge on any atom is 0.302 e. The molecule has 0 spiro atoms. The number of hydrogen-bond donors (Lipinski definition) is 0. The second-order valence-corrected chi connectivity index (χ2v) is 5.44. The van der Waals surface area contributed by atoms with E-state index in [1.807, 2.05) is 13.8 Å². The van der Waals surface area contributed by atoms with Crippen LogP contribution in [0.3, 0.4) is 0 Å². The van der Waals surface area contributed by atoms with Crippen LogP contribution in [0.1, 0.15) is 30.2 Å². The van der Waals surface area contributed by atoms with Gasteiger partial charge in [0.1, 0.15) is 17.2 Å². The first-order chi connectivity index (χ1) is 11.0. The average molecular weight is 314 g/mol. The van der Waals surface area contributed by atoms with Crippen molar-refractivity contribution in [1.82, 2.24) is 9.55 Å². The maximum absolute atomic E-state index is 12.8. The van der Waals surface area contributed by atoms with Crippen molar-refractivity contribution in [2.45, 2.75) is 26.9 Å². The van der Waals surface area contributed by atoms with Crippen LogP contribution >= 0.6 is 0 Å². The fourth-order valence-corrected chi connectivity index (χ4v) is 2.38. The number of aromatic nitrogens is 2. The predicted octanol–water partition coefficient (Wildman–Crippen LogP) is 3.42. The van der Waals surface area contributed by atoms with Crippen LogP contribution in [0.4, 0.5) is 0 Å². The van der Waals surface area contributed by atoms with Crippen molar-refractivity contribution in [3.8, 4) is 11.5 Å². The monoisotopic (exact) mass is 314 g/mol. The minimum absolute atomic E-state index is 0.0996. The van der Waals surface area contributed by atoms with Crippen molar-refractivity contribution < 1.29 is 18.7 Å². The summed E-state index contributed by atoms with van der Waals surface area (Å²) < 4.78 is 18.3. The van der Waals surface area contributed by atoms with Gasteiger partial charge in [0, 0.05) is 12.4 Å². The molecule has 0 aliphatic rings. The normalized spacial score (nSPS) is 11.2. The number of imidazole rings is 1. The summed E-state index contributed by atoms with van der Waals surface area (Å²) in [5.74, 6) is 1.52. The number of carbonyl (C=O) groups is 1. The first-order valence-electron chi connectivity index (χ1n) is 7.33. The van der Waals surface area contributed by atoms with Gasteiger partial charge in [0.15, 0.2) is 5.75 Å². The molecule has 6 heteroatoms. The zero-order chi connectivity index (χ0) is 16.6. The molecule has 0 saturated carbocycles. The van der Waals surface area contributed by atoms with Crippen LogP contribution in [0.15, 0.2) is 35.0 Å². The van der Waals surface area contributed by atoms with Crippen LogP contribution in [0.25, 0.3) is 11.0 Å². The minimum atomic E-state index is -0.314. The Morgan fingerprint density at radius 3 is 2.74 bits per heavy atom. The lowest BCUT2D eigenvalue weighted by atomic mass is 10.2. The molecular formula is C17H18N2O4. The molecule has 0 fully saturated rings. The third-order valence-electron chi connectivity index (χ3n) is 3.44. The van der Waals surface area contributed by atoms with Gasteiger partial charge in [0.05, 0.1) is 18.6 Å². The zero-order valence-electron chi connectivity index (χ0n) is 13.5. The topological polar surface area (TPSA) is 66.5 Å². The van der Waals surface area contributed by atoms with E-state index < -0.39 is 0 Å². The summed E-state index contributed by atoms with van der Waals surface area (Å²) in [6, 6.07) is 5.34. The number of nitrogens with zero attached hydrogens (tertiary/aromatic N) is 2. The number of ether oxygens (including phenoxy) is 2. The molecule has 0 aliphatic heterocycles. The molecule has 0 unspecified atom stereocenters. The average Bonchev–Trinajstić information content (AvgIpc) is 3.10. The number of rotatable bonds is 4. The van der Waals surface area contributed by atoms with Crippen LogP contribution < -0.4 is 9.47 Å². The maximum atomic E-state index is 12.8. The molecule has 0 radical (unpaired) electrons. The minimum Gasteiger partial charge on any atom is -0.497 e. The van der Waals surface area contributed by atoms with E-state index in [1.165, 1.54) is 4.57 Å². The number of fused-ring (bicyclic) bond motifs is 1. The van der Waals surface area contributed by atoms with Gasteiger partial charge in [0.2, 0.25) is 5.76 Å². The van der Waals surface area contributed by atoms with Gasteiger partial charge in [0.25, 0.3) is 0 Å². The van der Waals surface area contributed by atoms with Crippen molar-refractivity contribution in [1.29, 1.82) is 0 Å². The first-order valence-corrected chi connectivity index (χ1v) is 7.33. The van der Waals surface area contributed by atoms with Gasteiger partial charge in [-0.3, -0.25) is 9.36 Å². The molecule has 3 aromatic rings. The summed E-state index contributed by atoms with van der Waals surface area (Å²) in [6.07, 6.45) is 3.07. The predicted molar refractivity (Wildman–Crippen MR) is 85.2 cm³/mol. The molecule has 6 nitrogen and oxygen atoms in total. The van der Waals surface area contributed by atoms with Gasteiger partial charge in [-0.15, -0.1) is 0 Å². The van der Waals surface area contributed by atoms with Crippen LogP contribution in [0.5, 0.6) is 11.5 Å². The van der Waals surface area contributed by atoms with Gasteiger partial charge in [-0.25, -0.2) is 4.98 Å². The molecular weight excluding hydrogens is 296 g/mol. The van der Waals surface area contributed by atoms with Crippen molar-refractivity contribution in [3.05, 3.63) is 42.2 Å². The molecule has 23 heavy (non-hydrogen) atoms. The second kappa shape index (κ2) is 5.79. The number of methoxy groups -OCH3 is 1. The Hall–Kier alpha value is -2.76. The lowest BCUT2D eigenvalue weighted by Gasteiger charge is -2.10. The zero-order valence-corrected chi connectivity index (χ0v) is 13.5. The van der Waals surface area contributed by atoms with E-state index in [0.717, 1.165) is 0 Å². The summed E-state index contributed by atoms with van der Waals surface area (Å²) in [7, 11) is 1.59. The first kappa shape index (κ1) is 15.1. The highest BCUT2D eigenvalue weighted by Crippen LogP contribution is 2.36. The number of furan rings is 1. The molecule has 0 amide bonds. The van der Waals surface area contributed by atoms with E-state index in [0.29, 0.717) is 28.3 Å². The van der Waals surface area contributed by atoms with Crippen LogP contribution in [0, 0.1) is 6.92 Å². The quantitative estimate of drug-likeness (QED) is 0.738. The van der Waals surface area contributed by atoms with E-state index in [9.17, 15) is 4.79 Å². The molecule has 1 aromatic carbocycles. The molecule has 2 heterocycles. The number of aryl methyl sites for hydroxylation is 1. The van der Waals surface area contributed by atoms with E-state index in [-0.39, 0.29) is 17.8 Å². The Kier molecular flexibility index (Phi) is 3.82. The smallest absolute Gasteiger partial charge is 0.302 e. The van der Waals surface area contributed by atoms with Crippen LogP contribution in [0.2, 0.25) is 0 Å². The lowest BCUT2D eigenvalue weighted by molar-refractivity contribution is 0.0924. The van der Waals surface area contributed by atoms with Gasteiger partial charge in [-0.05, 0) is 39.0 Å². The van der Waals surface area contributed by atoms with Gasteiger partial charge in [-0.1, -0.05) is 0 Å². The molecule has 0 bridgehead atoms. The Balaban J connectivity index is 2.19. The summed E-state index contributed by atoms with van der Waals surface area (Å²) in [5.41, 5.74) is 0.572. The fraction of sp³-hybridized carbons (Fsp3) is 0.294. The molecule has 0 atom stereocenters. The number of benzene rings is 1. The van der Waals surface area contributed by atoms with E-state index >= 15 is 0 Å². The molecule has 0 aliphatic carbocycles. The van der Waals surface area contributed by atoms with E-state index in [4.69, 9.17) is 13.9 Å². The van der Waals surface area contributed by atoms with Crippen LogP contribution in [-0.4, -0.2) is 28.7 Å². The van der Waals surface area contributed by atoms with E-state index in [1.54, 1.807) is 44.6 Å². The number of carbonyl (C=O) groups excluding carboxylic acids is 1. The van der Waals surface area contributed by atoms with Gasteiger partial charge < -0.3 is 13.9 Å². The Morgan fingerprint density at radius 1 is 1.35 bits per heavy atom.